The van der Waals surface area contributed by atoms with Gasteiger partial charge < -0.3 is 4.74 Å². The van der Waals surface area contributed by atoms with Gasteiger partial charge in [-0.25, -0.2) is 0 Å². The van der Waals surface area contributed by atoms with Crippen molar-refractivity contribution in [2.45, 2.75) is 18.9 Å². The number of rotatable bonds is 4. The second kappa shape index (κ2) is 6.32. The van der Waals surface area contributed by atoms with E-state index in [2.05, 4.69) is 38.5 Å². The topological polar surface area (TPSA) is 60.2 Å². The maximum absolute atomic E-state index is 6.21. The van der Waals surface area contributed by atoms with E-state index in [1.807, 2.05) is 6.07 Å². The number of hydrogen-bond donors (Lipinski definition) is 2. The first kappa shape index (κ1) is 14.8. The van der Waals surface area contributed by atoms with E-state index in [4.69, 9.17) is 22.2 Å². The third-order valence-corrected chi connectivity index (χ3v) is 4.35. The minimum absolute atomic E-state index is 0.165. The maximum atomic E-state index is 6.21. The molecule has 0 bridgehead atoms. The summed E-state index contributed by atoms with van der Waals surface area (Å²) in [5, 5.41) is 0.605. The van der Waals surface area contributed by atoms with E-state index >= 15 is 0 Å². The molecule has 1 aliphatic rings. The molecule has 1 aromatic heterocycles. The van der Waals surface area contributed by atoms with Crippen LogP contribution in [0.4, 0.5) is 0 Å². The maximum Gasteiger partial charge on any atom is 0.125 e. The first-order chi connectivity index (χ1) is 10.2. The summed E-state index contributed by atoms with van der Waals surface area (Å²) in [4.78, 5) is 4.33. The van der Waals surface area contributed by atoms with Crippen molar-refractivity contribution in [2.24, 2.45) is 5.84 Å². The molecule has 21 heavy (non-hydrogen) atoms. The van der Waals surface area contributed by atoms with Gasteiger partial charge in [-0.1, -0.05) is 27.5 Å². The van der Waals surface area contributed by atoms with Crippen LogP contribution in [0.1, 0.15) is 22.9 Å². The minimum atomic E-state index is -0.165. The molecular weight excluding hydrogens is 354 g/mol. The molecule has 2 aromatic rings. The van der Waals surface area contributed by atoms with Crippen LogP contribution in [0, 0.1) is 0 Å². The molecule has 1 aromatic carbocycles. The van der Waals surface area contributed by atoms with Crippen LogP contribution < -0.4 is 16.0 Å². The Morgan fingerprint density at radius 2 is 2.33 bits per heavy atom. The zero-order valence-electron chi connectivity index (χ0n) is 11.3. The van der Waals surface area contributed by atoms with Crippen LogP contribution in [0.2, 0.25) is 5.02 Å². The fourth-order valence-electron chi connectivity index (χ4n) is 2.61. The number of halogens is 2. The highest BCUT2D eigenvalue weighted by Crippen LogP contribution is 2.35. The van der Waals surface area contributed by atoms with Crippen LogP contribution in [-0.4, -0.2) is 11.6 Å². The number of ether oxygens (including phenoxy) is 1. The molecule has 0 spiro atoms. The Morgan fingerprint density at radius 3 is 3.10 bits per heavy atom. The third kappa shape index (κ3) is 3.06. The van der Waals surface area contributed by atoms with Crippen molar-refractivity contribution < 1.29 is 4.74 Å². The van der Waals surface area contributed by atoms with Gasteiger partial charge in [0.05, 0.1) is 23.4 Å². The number of hydrogen-bond acceptors (Lipinski definition) is 4. The Morgan fingerprint density at radius 1 is 1.48 bits per heavy atom. The Kier molecular flexibility index (Phi) is 4.45. The van der Waals surface area contributed by atoms with Crippen LogP contribution in [0.25, 0.3) is 0 Å². The van der Waals surface area contributed by atoms with E-state index in [-0.39, 0.29) is 6.04 Å². The largest absolute Gasteiger partial charge is 0.493 e. The van der Waals surface area contributed by atoms with Gasteiger partial charge in [0.1, 0.15) is 5.75 Å². The monoisotopic (exact) mass is 367 g/mol. The van der Waals surface area contributed by atoms with Gasteiger partial charge in [0.15, 0.2) is 0 Å². The highest BCUT2D eigenvalue weighted by Gasteiger charge is 2.22. The van der Waals surface area contributed by atoms with Crippen LogP contribution in [-0.2, 0) is 12.8 Å². The number of hydrazine groups is 1. The summed E-state index contributed by atoms with van der Waals surface area (Å²) < 4.78 is 6.80. The lowest BCUT2D eigenvalue weighted by atomic mass is 10.00. The van der Waals surface area contributed by atoms with Crippen LogP contribution in [0.5, 0.6) is 5.75 Å². The van der Waals surface area contributed by atoms with Crippen molar-refractivity contribution in [3.05, 3.63) is 56.8 Å². The summed E-state index contributed by atoms with van der Waals surface area (Å²) >= 11 is 9.76. The number of nitrogens with one attached hydrogen (secondary N) is 1. The van der Waals surface area contributed by atoms with Crippen LogP contribution >= 0.6 is 27.5 Å². The fraction of sp³-hybridized carbons (Fsp3) is 0.267. The molecule has 3 rings (SSSR count). The second-order valence-electron chi connectivity index (χ2n) is 4.95. The normalized spacial score (nSPS) is 14.6. The van der Waals surface area contributed by atoms with E-state index in [1.165, 1.54) is 5.56 Å². The minimum Gasteiger partial charge on any atom is -0.493 e. The fourth-order valence-corrected chi connectivity index (χ4v) is 3.41. The molecule has 110 valence electrons. The van der Waals surface area contributed by atoms with E-state index in [1.54, 1.807) is 12.3 Å². The second-order valence-corrected chi connectivity index (χ2v) is 6.27. The number of aromatic nitrogens is 1. The third-order valence-electron chi connectivity index (χ3n) is 3.57. The Bertz CT molecular complexity index is 665. The number of benzene rings is 1. The molecule has 0 amide bonds. The summed E-state index contributed by atoms with van der Waals surface area (Å²) in [7, 11) is 0. The van der Waals surface area contributed by atoms with Crippen molar-refractivity contribution in [1.82, 2.24) is 10.4 Å². The van der Waals surface area contributed by atoms with Gasteiger partial charge in [0, 0.05) is 17.1 Å². The van der Waals surface area contributed by atoms with Crippen molar-refractivity contribution in [3.8, 4) is 5.75 Å². The number of nitrogens with zero attached hydrogens (tertiary/aromatic N) is 1. The molecule has 1 atom stereocenters. The number of nitrogens with two attached hydrogens (primary N) is 1. The smallest absolute Gasteiger partial charge is 0.125 e. The summed E-state index contributed by atoms with van der Waals surface area (Å²) in [6.45, 7) is 0.726. The Balaban J connectivity index is 1.94. The van der Waals surface area contributed by atoms with E-state index in [9.17, 15) is 0 Å². The summed E-state index contributed by atoms with van der Waals surface area (Å²) in [5.41, 5.74) is 5.87. The molecule has 0 aliphatic carbocycles. The van der Waals surface area contributed by atoms with E-state index < -0.39 is 0 Å². The Hall–Kier alpha value is -1.14. The molecule has 1 aliphatic heterocycles. The molecule has 0 saturated heterocycles. The van der Waals surface area contributed by atoms with Gasteiger partial charge in [-0.3, -0.25) is 16.3 Å². The molecule has 6 heteroatoms. The van der Waals surface area contributed by atoms with Gasteiger partial charge in [-0.2, -0.15) is 0 Å². The molecule has 4 nitrogen and oxygen atoms in total. The first-order valence-electron chi connectivity index (χ1n) is 6.69. The summed E-state index contributed by atoms with van der Waals surface area (Å²) in [6, 6.07) is 7.62. The molecule has 0 radical (unpaired) electrons. The van der Waals surface area contributed by atoms with E-state index in [0.717, 1.165) is 34.5 Å². The molecule has 0 saturated carbocycles. The van der Waals surface area contributed by atoms with Crippen molar-refractivity contribution in [1.29, 1.82) is 0 Å². The zero-order valence-corrected chi connectivity index (χ0v) is 13.6. The highest BCUT2D eigenvalue weighted by atomic mass is 79.9. The lowest BCUT2D eigenvalue weighted by molar-refractivity contribution is 0.351. The van der Waals surface area contributed by atoms with Gasteiger partial charge in [-0.05, 0) is 41.8 Å². The number of fused-ring (bicyclic) bond motifs is 1. The van der Waals surface area contributed by atoms with Crippen molar-refractivity contribution in [3.63, 3.8) is 0 Å². The quantitative estimate of drug-likeness (QED) is 0.643. The first-order valence-corrected chi connectivity index (χ1v) is 7.86. The summed E-state index contributed by atoms with van der Waals surface area (Å²) in [6.07, 6.45) is 3.31. The lowest BCUT2D eigenvalue weighted by Crippen LogP contribution is -2.30. The molecule has 0 fully saturated rings. The molecular formula is C15H15BrClN3O. The zero-order chi connectivity index (χ0) is 14.8. The molecule has 2 heterocycles. The van der Waals surface area contributed by atoms with Crippen LogP contribution in [0.3, 0.4) is 0 Å². The van der Waals surface area contributed by atoms with Gasteiger partial charge in [0.2, 0.25) is 0 Å². The highest BCUT2D eigenvalue weighted by molar-refractivity contribution is 9.10. The van der Waals surface area contributed by atoms with Gasteiger partial charge >= 0.3 is 0 Å². The van der Waals surface area contributed by atoms with Gasteiger partial charge in [-0.15, -0.1) is 0 Å². The van der Waals surface area contributed by atoms with E-state index in [0.29, 0.717) is 11.4 Å². The van der Waals surface area contributed by atoms with Crippen molar-refractivity contribution in [2.75, 3.05) is 6.61 Å². The number of pyridine rings is 1. The Labute approximate surface area is 136 Å². The molecule has 3 N–H and O–H groups in total. The van der Waals surface area contributed by atoms with Crippen LogP contribution in [0.15, 0.2) is 34.9 Å². The standard InChI is InChI=1S/C15H15BrClN3O/c16-11-6-9-3-5-21-15(9)10(7-11)8-13(20-18)14-12(17)2-1-4-19-14/h1-2,4,6-7,13,20H,3,5,8,18H2. The average molecular weight is 369 g/mol. The predicted molar refractivity (Wildman–Crippen MR) is 86.4 cm³/mol. The molecule has 1 unspecified atom stereocenters. The average Bonchev–Trinajstić information content (AvgIpc) is 2.93. The lowest BCUT2D eigenvalue weighted by Gasteiger charge is -2.18. The summed E-state index contributed by atoms with van der Waals surface area (Å²) in [5.74, 6) is 6.67. The SMILES string of the molecule is NNC(Cc1cc(Br)cc2c1OCC2)c1ncccc1Cl. The van der Waals surface area contributed by atoms with Crippen molar-refractivity contribution >= 4 is 27.5 Å². The van der Waals surface area contributed by atoms with Gasteiger partial charge in [0.25, 0.3) is 0 Å². The predicted octanol–water partition coefficient (Wildman–Crippen LogP) is 3.18.